The highest BCUT2D eigenvalue weighted by Crippen LogP contribution is 2.26. The number of carbonyl (C=O) groups excluding carboxylic acids is 1. The Morgan fingerprint density at radius 1 is 0.950 bits per heavy atom. The number of aldehydes is 1. The molecule has 98 valence electrons. The van der Waals surface area contributed by atoms with Gasteiger partial charge >= 0.3 is 0 Å². The van der Waals surface area contributed by atoms with Crippen molar-refractivity contribution in [1.29, 1.82) is 0 Å². The van der Waals surface area contributed by atoms with Gasteiger partial charge in [-0.3, -0.25) is 14.2 Å². The highest BCUT2D eigenvalue weighted by Gasteiger charge is 2.16. The number of para-hydroxylation sites is 2. The first-order valence-corrected chi connectivity index (χ1v) is 6.11. The Bertz CT molecular complexity index is 851. The minimum absolute atomic E-state index is 0.229. The number of rotatable bonds is 2. The zero-order valence-corrected chi connectivity index (χ0v) is 10.5. The zero-order chi connectivity index (χ0) is 14.1. The molecule has 4 heteroatoms. The highest BCUT2D eigenvalue weighted by atomic mass is 16.3. The Hall–Kier alpha value is -2.88. The number of nitrogens with zero attached hydrogens (tertiary/aromatic N) is 1. The molecule has 2 aromatic carbocycles. The van der Waals surface area contributed by atoms with E-state index in [0.29, 0.717) is 22.9 Å². The van der Waals surface area contributed by atoms with Crippen LogP contribution in [0.4, 0.5) is 0 Å². The van der Waals surface area contributed by atoms with E-state index < -0.39 is 5.56 Å². The van der Waals surface area contributed by atoms with Gasteiger partial charge in [-0.1, -0.05) is 30.3 Å². The van der Waals surface area contributed by atoms with E-state index in [4.69, 9.17) is 0 Å². The Kier molecular flexibility index (Phi) is 2.84. The first-order chi connectivity index (χ1) is 9.74. The molecular weight excluding hydrogens is 254 g/mol. The molecule has 0 aliphatic heterocycles. The summed E-state index contributed by atoms with van der Waals surface area (Å²) in [7, 11) is 0. The molecule has 1 heterocycles. The molecule has 1 N–H and O–H groups in total. The van der Waals surface area contributed by atoms with Crippen LogP contribution in [0.5, 0.6) is 5.75 Å². The molecule has 0 atom stereocenters. The van der Waals surface area contributed by atoms with Crippen LogP contribution in [-0.4, -0.2) is 16.0 Å². The largest absolute Gasteiger partial charge is 0.506 e. The van der Waals surface area contributed by atoms with Crippen LogP contribution in [0.1, 0.15) is 10.4 Å². The number of carbonyl (C=O) groups is 1. The van der Waals surface area contributed by atoms with Crippen molar-refractivity contribution < 1.29 is 9.90 Å². The predicted octanol–water partition coefficient (Wildman–Crippen LogP) is 2.51. The quantitative estimate of drug-likeness (QED) is 0.724. The number of benzene rings is 2. The van der Waals surface area contributed by atoms with Gasteiger partial charge in [-0.2, -0.15) is 0 Å². The van der Waals surface area contributed by atoms with Gasteiger partial charge in [0.25, 0.3) is 5.56 Å². The maximum Gasteiger partial charge on any atom is 0.269 e. The summed E-state index contributed by atoms with van der Waals surface area (Å²) < 4.78 is 1.43. The van der Waals surface area contributed by atoms with Gasteiger partial charge < -0.3 is 5.11 Å². The molecule has 0 fully saturated rings. The van der Waals surface area contributed by atoms with Gasteiger partial charge in [0.1, 0.15) is 11.3 Å². The molecule has 0 saturated carbocycles. The van der Waals surface area contributed by atoms with Crippen molar-refractivity contribution >= 4 is 17.2 Å². The van der Waals surface area contributed by atoms with Crippen molar-refractivity contribution in [2.24, 2.45) is 0 Å². The van der Waals surface area contributed by atoms with E-state index in [1.165, 1.54) is 4.57 Å². The standard InChI is InChI=1S/C16H11NO3/c18-10-13-15(19)12-8-4-5-9-14(12)17(16(13)20)11-6-2-1-3-7-11/h1-10,19H. The molecular formula is C16H11NO3. The van der Waals surface area contributed by atoms with E-state index >= 15 is 0 Å². The summed E-state index contributed by atoms with van der Waals surface area (Å²) in [6.07, 6.45) is 0.392. The summed E-state index contributed by atoms with van der Waals surface area (Å²) in [5.74, 6) is -0.271. The lowest BCUT2D eigenvalue weighted by Crippen LogP contribution is -2.22. The fraction of sp³-hybridized carbons (Fsp3) is 0. The molecule has 0 amide bonds. The molecule has 0 aliphatic rings. The summed E-state index contributed by atoms with van der Waals surface area (Å²) in [6, 6.07) is 16.0. The number of hydrogen-bond donors (Lipinski definition) is 1. The minimum atomic E-state index is -0.526. The number of aromatic nitrogens is 1. The lowest BCUT2D eigenvalue weighted by atomic mass is 10.1. The van der Waals surface area contributed by atoms with Crippen LogP contribution in [-0.2, 0) is 0 Å². The fourth-order valence-corrected chi connectivity index (χ4v) is 2.28. The lowest BCUT2D eigenvalue weighted by molar-refractivity contribution is 0.111. The topological polar surface area (TPSA) is 59.3 Å². The van der Waals surface area contributed by atoms with Crippen molar-refractivity contribution in [2.75, 3.05) is 0 Å². The molecule has 3 rings (SSSR count). The Balaban J connectivity index is 2.54. The lowest BCUT2D eigenvalue weighted by Gasteiger charge is -2.12. The van der Waals surface area contributed by atoms with E-state index in [9.17, 15) is 14.7 Å². The third-order valence-electron chi connectivity index (χ3n) is 3.22. The first-order valence-electron chi connectivity index (χ1n) is 6.11. The van der Waals surface area contributed by atoms with Crippen LogP contribution in [0, 0.1) is 0 Å². The second-order valence-electron chi connectivity index (χ2n) is 4.37. The molecule has 0 unspecified atom stereocenters. The monoisotopic (exact) mass is 265 g/mol. The van der Waals surface area contributed by atoms with Gasteiger partial charge in [-0.25, -0.2) is 0 Å². The average Bonchev–Trinajstić information content (AvgIpc) is 2.49. The molecule has 1 aromatic heterocycles. The highest BCUT2D eigenvalue weighted by molar-refractivity contribution is 5.94. The van der Waals surface area contributed by atoms with Crippen molar-refractivity contribution in [1.82, 2.24) is 4.57 Å². The molecule has 4 nitrogen and oxygen atoms in total. The van der Waals surface area contributed by atoms with Crippen molar-refractivity contribution in [3.05, 3.63) is 70.5 Å². The number of aromatic hydroxyl groups is 1. The van der Waals surface area contributed by atoms with Gasteiger partial charge in [0.15, 0.2) is 6.29 Å². The summed E-state index contributed by atoms with van der Waals surface area (Å²) >= 11 is 0. The SMILES string of the molecule is O=Cc1c(O)c2ccccc2n(-c2ccccc2)c1=O. The van der Waals surface area contributed by atoms with E-state index in [1.807, 2.05) is 18.2 Å². The van der Waals surface area contributed by atoms with E-state index in [2.05, 4.69) is 0 Å². The Morgan fingerprint density at radius 3 is 2.30 bits per heavy atom. The van der Waals surface area contributed by atoms with Crippen molar-refractivity contribution in [2.45, 2.75) is 0 Å². The normalized spacial score (nSPS) is 10.6. The molecule has 20 heavy (non-hydrogen) atoms. The summed E-state index contributed by atoms with van der Waals surface area (Å²) in [5.41, 5.74) is 0.457. The van der Waals surface area contributed by atoms with Gasteiger partial charge in [0.05, 0.1) is 5.52 Å². The Morgan fingerprint density at radius 2 is 1.60 bits per heavy atom. The van der Waals surface area contributed by atoms with Crippen LogP contribution in [0.15, 0.2) is 59.4 Å². The molecule has 0 bridgehead atoms. The van der Waals surface area contributed by atoms with Crippen molar-refractivity contribution in [3.8, 4) is 11.4 Å². The van der Waals surface area contributed by atoms with Crippen LogP contribution in [0.2, 0.25) is 0 Å². The number of fused-ring (bicyclic) bond motifs is 1. The smallest absolute Gasteiger partial charge is 0.269 e. The van der Waals surface area contributed by atoms with Gasteiger partial charge in [0.2, 0.25) is 0 Å². The second-order valence-corrected chi connectivity index (χ2v) is 4.37. The molecule has 0 saturated heterocycles. The van der Waals surface area contributed by atoms with E-state index in [-0.39, 0.29) is 11.3 Å². The molecule has 3 aromatic rings. The maximum atomic E-state index is 12.4. The molecule has 0 aliphatic carbocycles. The minimum Gasteiger partial charge on any atom is -0.506 e. The predicted molar refractivity (Wildman–Crippen MR) is 76.6 cm³/mol. The number of pyridine rings is 1. The van der Waals surface area contributed by atoms with Crippen LogP contribution < -0.4 is 5.56 Å². The summed E-state index contributed by atoms with van der Waals surface area (Å²) in [6.45, 7) is 0. The zero-order valence-electron chi connectivity index (χ0n) is 10.5. The van der Waals surface area contributed by atoms with Crippen molar-refractivity contribution in [3.63, 3.8) is 0 Å². The fourth-order valence-electron chi connectivity index (χ4n) is 2.28. The maximum absolute atomic E-state index is 12.4. The summed E-state index contributed by atoms with van der Waals surface area (Å²) in [4.78, 5) is 23.5. The Labute approximate surface area is 114 Å². The third kappa shape index (κ3) is 1.70. The second kappa shape index (κ2) is 4.66. The van der Waals surface area contributed by atoms with Gasteiger partial charge in [0, 0.05) is 11.1 Å². The first kappa shape index (κ1) is 12.2. The number of hydrogen-bond acceptors (Lipinski definition) is 3. The van der Waals surface area contributed by atoms with Gasteiger partial charge in [-0.05, 0) is 24.3 Å². The molecule has 0 radical (unpaired) electrons. The summed E-state index contributed by atoms with van der Waals surface area (Å²) in [5, 5.41) is 10.5. The van der Waals surface area contributed by atoms with E-state index in [0.717, 1.165) is 0 Å². The molecule has 0 spiro atoms. The van der Waals surface area contributed by atoms with Crippen LogP contribution in [0.3, 0.4) is 0 Å². The third-order valence-corrected chi connectivity index (χ3v) is 3.22. The van der Waals surface area contributed by atoms with Crippen LogP contribution >= 0.6 is 0 Å². The van der Waals surface area contributed by atoms with E-state index in [1.54, 1.807) is 36.4 Å². The van der Waals surface area contributed by atoms with Crippen LogP contribution in [0.25, 0.3) is 16.6 Å². The average molecular weight is 265 g/mol. The van der Waals surface area contributed by atoms with Gasteiger partial charge in [-0.15, -0.1) is 0 Å².